The quantitative estimate of drug-likeness (QED) is 0.501. The maximum absolute atomic E-state index is 12.5. The van der Waals surface area contributed by atoms with Crippen molar-refractivity contribution in [3.63, 3.8) is 0 Å². The Labute approximate surface area is 147 Å². The molecule has 1 heterocycles. The summed E-state index contributed by atoms with van der Waals surface area (Å²) >= 11 is 0. The molecule has 8 heteroatoms. The van der Waals surface area contributed by atoms with E-state index < -0.39 is 24.1 Å². The van der Waals surface area contributed by atoms with E-state index in [9.17, 15) is 19.5 Å². The smallest absolute Gasteiger partial charge is 0.405 e. The van der Waals surface area contributed by atoms with Crippen LogP contribution in [0.4, 0.5) is 4.79 Å². The molecule has 3 unspecified atom stereocenters. The van der Waals surface area contributed by atoms with Crippen LogP contribution in [0.1, 0.15) is 51.4 Å². The molecule has 142 valence electrons. The zero-order valence-corrected chi connectivity index (χ0v) is 14.5. The molecule has 0 aromatic rings. The fraction of sp³-hybridized carbons (Fsp3) is 0.824. The van der Waals surface area contributed by atoms with Gasteiger partial charge in [-0.3, -0.25) is 9.59 Å². The molecular formula is C17H29N3O5. The first kappa shape index (κ1) is 19.5. The van der Waals surface area contributed by atoms with Gasteiger partial charge in [0.1, 0.15) is 0 Å². The highest BCUT2D eigenvalue weighted by molar-refractivity contribution is 5.84. The normalized spacial score (nSPS) is 23.6. The van der Waals surface area contributed by atoms with Crippen LogP contribution in [0.5, 0.6) is 0 Å². The highest BCUT2D eigenvalue weighted by Gasteiger charge is 2.31. The molecule has 0 radical (unpaired) electrons. The van der Waals surface area contributed by atoms with E-state index in [1.54, 1.807) is 0 Å². The van der Waals surface area contributed by atoms with Gasteiger partial charge in [-0.1, -0.05) is 32.1 Å². The molecule has 25 heavy (non-hydrogen) atoms. The summed E-state index contributed by atoms with van der Waals surface area (Å²) < 4.78 is 5.02. The van der Waals surface area contributed by atoms with E-state index >= 15 is 0 Å². The second-order valence-electron chi connectivity index (χ2n) is 7.07. The van der Waals surface area contributed by atoms with Crippen LogP contribution >= 0.6 is 0 Å². The average molecular weight is 355 g/mol. The summed E-state index contributed by atoms with van der Waals surface area (Å²) in [5.41, 5.74) is 5.11. The van der Waals surface area contributed by atoms with Crippen LogP contribution in [0.3, 0.4) is 0 Å². The van der Waals surface area contributed by atoms with Crippen LogP contribution in [-0.4, -0.2) is 48.3 Å². The van der Waals surface area contributed by atoms with E-state index in [4.69, 9.17) is 10.5 Å². The first-order valence-electron chi connectivity index (χ1n) is 9.14. The maximum Gasteiger partial charge on any atom is 0.405 e. The van der Waals surface area contributed by atoms with Crippen LogP contribution < -0.4 is 16.4 Å². The second kappa shape index (κ2) is 9.60. The summed E-state index contributed by atoms with van der Waals surface area (Å²) in [5.74, 6) is -0.398. The Morgan fingerprint density at radius 2 is 1.96 bits per heavy atom. The van der Waals surface area contributed by atoms with Crippen molar-refractivity contribution in [3.05, 3.63) is 0 Å². The summed E-state index contributed by atoms with van der Waals surface area (Å²) in [4.78, 5) is 35.3. The van der Waals surface area contributed by atoms with Crippen LogP contribution in [0.2, 0.25) is 0 Å². The van der Waals surface area contributed by atoms with Gasteiger partial charge < -0.3 is 26.2 Å². The maximum atomic E-state index is 12.5. The molecule has 3 amide bonds. The summed E-state index contributed by atoms with van der Waals surface area (Å²) in [6, 6.07) is -0.549. The van der Waals surface area contributed by atoms with E-state index in [2.05, 4.69) is 10.6 Å². The second-order valence-corrected chi connectivity index (χ2v) is 7.07. The van der Waals surface area contributed by atoms with E-state index in [1.165, 1.54) is 6.42 Å². The topological polar surface area (TPSA) is 131 Å². The highest BCUT2D eigenvalue weighted by Crippen LogP contribution is 2.28. The van der Waals surface area contributed by atoms with E-state index in [0.717, 1.165) is 25.7 Å². The van der Waals surface area contributed by atoms with E-state index in [1.807, 2.05) is 0 Å². The number of carbonyl (C=O) groups is 3. The van der Waals surface area contributed by atoms with Gasteiger partial charge in [-0.15, -0.1) is 0 Å². The zero-order valence-electron chi connectivity index (χ0n) is 14.5. The van der Waals surface area contributed by atoms with Gasteiger partial charge in [0, 0.05) is 12.5 Å². The van der Waals surface area contributed by atoms with Crippen LogP contribution in [0.25, 0.3) is 0 Å². The van der Waals surface area contributed by atoms with Gasteiger partial charge in [0.2, 0.25) is 5.91 Å². The number of nitrogens with two attached hydrogens (primary N) is 1. The average Bonchev–Trinajstić information content (AvgIpc) is 2.99. The molecule has 5 N–H and O–H groups in total. The van der Waals surface area contributed by atoms with Crippen molar-refractivity contribution >= 4 is 17.9 Å². The van der Waals surface area contributed by atoms with Gasteiger partial charge in [-0.2, -0.15) is 0 Å². The van der Waals surface area contributed by atoms with Gasteiger partial charge in [-0.25, -0.2) is 4.79 Å². The van der Waals surface area contributed by atoms with Crippen molar-refractivity contribution in [2.45, 2.75) is 63.5 Å². The van der Waals surface area contributed by atoms with Gasteiger partial charge in [-0.05, 0) is 25.2 Å². The Balaban J connectivity index is 1.91. The lowest BCUT2D eigenvalue weighted by Crippen LogP contribution is -2.47. The van der Waals surface area contributed by atoms with E-state index in [0.29, 0.717) is 31.7 Å². The molecule has 0 aromatic carbocycles. The van der Waals surface area contributed by atoms with Crippen molar-refractivity contribution in [3.8, 4) is 0 Å². The number of nitrogens with one attached hydrogen (secondary N) is 2. The number of hydrogen-bond donors (Lipinski definition) is 4. The minimum Gasteiger partial charge on any atom is -0.436 e. The van der Waals surface area contributed by atoms with Gasteiger partial charge in [0.25, 0.3) is 5.91 Å². The molecule has 2 rings (SSSR count). The number of aliphatic hydroxyl groups is 1. The molecule has 2 fully saturated rings. The summed E-state index contributed by atoms with van der Waals surface area (Å²) in [6.45, 7) is 0.340. The summed E-state index contributed by atoms with van der Waals surface area (Å²) in [7, 11) is 0. The van der Waals surface area contributed by atoms with Gasteiger partial charge in [0.05, 0.1) is 12.6 Å². The first-order valence-corrected chi connectivity index (χ1v) is 9.14. The minimum atomic E-state index is -0.980. The number of ether oxygens (including phenoxy) is 1. The number of rotatable bonds is 8. The number of amides is 3. The van der Waals surface area contributed by atoms with Crippen molar-refractivity contribution in [1.82, 2.24) is 10.6 Å². The third-order valence-corrected chi connectivity index (χ3v) is 5.12. The van der Waals surface area contributed by atoms with E-state index in [-0.39, 0.29) is 18.4 Å². The zero-order chi connectivity index (χ0) is 18.2. The van der Waals surface area contributed by atoms with Crippen molar-refractivity contribution < 1.29 is 24.2 Å². The fourth-order valence-corrected chi connectivity index (χ4v) is 3.76. The monoisotopic (exact) mass is 355 g/mol. The van der Waals surface area contributed by atoms with Crippen molar-refractivity contribution in [2.75, 3.05) is 13.2 Å². The number of primary amides is 1. The number of hydrogen-bond acceptors (Lipinski definition) is 5. The number of carbonyl (C=O) groups excluding carboxylic acids is 3. The Kier molecular flexibility index (Phi) is 7.49. The molecular weight excluding hydrogens is 326 g/mol. The van der Waals surface area contributed by atoms with Crippen LogP contribution in [-0.2, 0) is 14.3 Å². The number of aliphatic hydroxyl groups excluding tert-OH is 1. The molecule has 8 nitrogen and oxygen atoms in total. The Morgan fingerprint density at radius 3 is 2.52 bits per heavy atom. The third kappa shape index (κ3) is 6.19. The largest absolute Gasteiger partial charge is 0.436 e. The van der Waals surface area contributed by atoms with Crippen molar-refractivity contribution in [1.29, 1.82) is 0 Å². The van der Waals surface area contributed by atoms with Gasteiger partial charge >= 0.3 is 6.09 Å². The molecule has 1 saturated heterocycles. The molecule has 2 aliphatic rings. The Hall–Kier alpha value is -1.83. The third-order valence-electron chi connectivity index (χ3n) is 5.12. The Bertz CT molecular complexity index is 479. The Morgan fingerprint density at radius 1 is 1.24 bits per heavy atom. The van der Waals surface area contributed by atoms with Crippen LogP contribution in [0, 0.1) is 11.8 Å². The standard InChI is InChI=1S/C17H29N3O5/c18-17(24)25-14(8-11-4-2-1-3-5-11)16(23)20-13(10-21)9-12-6-7-19-15(12)22/h11-14,21H,1-10H2,(H2,18,24)(H,19,22)(H,20,23). The minimum absolute atomic E-state index is 0.0557. The lowest BCUT2D eigenvalue weighted by atomic mass is 9.85. The predicted octanol–water partition coefficient (Wildman–Crippen LogP) is 0.424. The molecule has 3 atom stereocenters. The van der Waals surface area contributed by atoms with Gasteiger partial charge in [0.15, 0.2) is 6.10 Å². The molecule has 1 aliphatic heterocycles. The SMILES string of the molecule is NC(=O)OC(CC1CCCCC1)C(=O)NC(CO)CC1CCNC1=O. The first-order chi connectivity index (χ1) is 12.0. The fourth-order valence-electron chi connectivity index (χ4n) is 3.76. The molecule has 0 aromatic heterocycles. The molecule has 0 spiro atoms. The molecule has 1 aliphatic carbocycles. The summed E-state index contributed by atoms with van der Waals surface area (Å²) in [5, 5.41) is 15.0. The highest BCUT2D eigenvalue weighted by atomic mass is 16.6. The predicted molar refractivity (Wildman–Crippen MR) is 90.4 cm³/mol. The lowest BCUT2D eigenvalue weighted by molar-refractivity contribution is -0.132. The van der Waals surface area contributed by atoms with Crippen LogP contribution in [0.15, 0.2) is 0 Å². The molecule has 1 saturated carbocycles. The lowest BCUT2D eigenvalue weighted by Gasteiger charge is -2.27. The molecule has 0 bridgehead atoms. The summed E-state index contributed by atoms with van der Waals surface area (Å²) in [6.07, 6.45) is 5.01. The van der Waals surface area contributed by atoms with Crippen molar-refractivity contribution in [2.24, 2.45) is 17.6 Å².